The maximum atomic E-state index is 4.45. The molecule has 2 saturated heterocycles. The molecule has 0 radical (unpaired) electrons. The predicted molar refractivity (Wildman–Crippen MR) is 104 cm³/mol. The van der Waals surface area contributed by atoms with Crippen LogP contribution in [0.2, 0.25) is 0 Å². The Bertz CT molecular complexity index is 385. The van der Waals surface area contributed by atoms with Gasteiger partial charge in [-0.05, 0) is 52.0 Å². The van der Waals surface area contributed by atoms with E-state index in [1.165, 1.54) is 51.9 Å². The van der Waals surface area contributed by atoms with Crippen LogP contribution in [-0.4, -0.2) is 73.7 Å². The van der Waals surface area contributed by atoms with Crippen molar-refractivity contribution in [3.63, 3.8) is 0 Å². The first kappa shape index (κ1) is 19.5. The number of piperidine rings is 1. The Morgan fingerprint density at radius 1 is 1.08 bits per heavy atom. The van der Waals surface area contributed by atoms with Gasteiger partial charge in [0.25, 0.3) is 0 Å². The summed E-state index contributed by atoms with van der Waals surface area (Å²) in [6, 6.07) is 1.88. The zero-order chi connectivity index (χ0) is 17.5. The molecule has 0 aliphatic carbocycles. The maximum absolute atomic E-state index is 4.45. The standard InChI is InChI=1S/C19H39N5/c1-15(2)14-24-10-6-7-18(24)13-21-19(20-5)22-17-8-11-23(12-9-17)16(3)4/h15-18H,6-14H2,1-5H3,(H2,20,21,22)/t18-/m1/s1. The first-order chi connectivity index (χ1) is 11.5. The summed E-state index contributed by atoms with van der Waals surface area (Å²) in [6.07, 6.45) is 5.06. The molecule has 2 N–H and O–H groups in total. The van der Waals surface area contributed by atoms with Gasteiger partial charge in [-0.2, -0.15) is 0 Å². The molecule has 0 aromatic carbocycles. The molecule has 5 heteroatoms. The van der Waals surface area contributed by atoms with E-state index in [9.17, 15) is 0 Å². The van der Waals surface area contributed by atoms with Crippen LogP contribution in [0.15, 0.2) is 4.99 Å². The molecule has 0 amide bonds. The van der Waals surface area contributed by atoms with E-state index in [0.29, 0.717) is 18.1 Å². The largest absolute Gasteiger partial charge is 0.355 e. The molecule has 0 bridgehead atoms. The van der Waals surface area contributed by atoms with E-state index in [-0.39, 0.29) is 0 Å². The zero-order valence-electron chi connectivity index (χ0n) is 16.5. The SMILES string of the molecule is CN=C(NC[C@H]1CCCN1CC(C)C)NC1CCN(C(C)C)CC1. The molecule has 0 spiro atoms. The van der Waals surface area contributed by atoms with Crippen molar-refractivity contribution in [2.45, 2.75) is 71.5 Å². The van der Waals surface area contributed by atoms with Crippen LogP contribution in [0.25, 0.3) is 0 Å². The molecule has 2 rings (SSSR count). The molecular formula is C19H39N5. The third-order valence-corrected chi connectivity index (χ3v) is 5.43. The number of nitrogens with zero attached hydrogens (tertiary/aromatic N) is 3. The van der Waals surface area contributed by atoms with Crippen LogP contribution in [0.1, 0.15) is 53.4 Å². The highest BCUT2D eigenvalue weighted by Crippen LogP contribution is 2.18. The number of guanidine groups is 1. The van der Waals surface area contributed by atoms with Crippen molar-refractivity contribution >= 4 is 5.96 Å². The van der Waals surface area contributed by atoms with Gasteiger partial charge in [-0.3, -0.25) is 9.89 Å². The molecular weight excluding hydrogens is 298 g/mol. The number of rotatable bonds is 6. The number of hydrogen-bond acceptors (Lipinski definition) is 3. The lowest BCUT2D eigenvalue weighted by Gasteiger charge is -2.35. The number of hydrogen-bond donors (Lipinski definition) is 2. The number of nitrogens with one attached hydrogen (secondary N) is 2. The van der Waals surface area contributed by atoms with Gasteiger partial charge in [0.15, 0.2) is 5.96 Å². The summed E-state index contributed by atoms with van der Waals surface area (Å²) in [5, 5.41) is 7.22. The predicted octanol–water partition coefficient (Wildman–Crippen LogP) is 2.14. The van der Waals surface area contributed by atoms with Gasteiger partial charge in [0.05, 0.1) is 0 Å². The monoisotopic (exact) mass is 337 g/mol. The first-order valence-corrected chi connectivity index (χ1v) is 9.95. The number of likely N-dealkylation sites (tertiary alicyclic amines) is 2. The minimum Gasteiger partial charge on any atom is -0.355 e. The van der Waals surface area contributed by atoms with Crippen LogP contribution in [0.5, 0.6) is 0 Å². The second kappa shape index (κ2) is 9.62. The first-order valence-electron chi connectivity index (χ1n) is 9.95. The summed E-state index contributed by atoms with van der Waals surface area (Å²) in [5.41, 5.74) is 0. The van der Waals surface area contributed by atoms with Gasteiger partial charge >= 0.3 is 0 Å². The van der Waals surface area contributed by atoms with Crippen molar-refractivity contribution < 1.29 is 0 Å². The molecule has 1 atom stereocenters. The van der Waals surface area contributed by atoms with Crippen LogP contribution in [0.4, 0.5) is 0 Å². The van der Waals surface area contributed by atoms with Crippen LogP contribution in [0.3, 0.4) is 0 Å². The maximum Gasteiger partial charge on any atom is 0.191 e. The second-order valence-corrected chi connectivity index (χ2v) is 8.19. The van der Waals surface area contributed by atoms with E-state index >= 15 is 0 Å². The Hall–Kier alpha value is -0.810. The van der Waals surface area contributed by atoms with Crippen molar-refractivity contribution in [1.82, 2.24) is 20.4 Å². The van der Waals surface area contributed by atoms with Crippen LogP contribution in [-0.2, 0) is 0 Å². The summed E-state index contributed by atoms with van der Waals surface area (Å²) in [6.45, 7) is 15.1. The van der Waals surface area contributed by atoms with Crippen LogP contribution < -0.4 is 10.6 Å². The molecule has 0 aromatic rings. The van der Waals surface area contributed by atoms with Crippen molar-refractivity contribution in [3.8, 4) is 0 Å². The van der Waals surface area contributed by atoms with Gasteiger partial charge in [0, 0.05) is 51.4 Å². The minimum absolute atomic E-state index is 0.557. The smallest absolute Gasteiger partial charge is 0.191 e. The molecule has 2 aliphatic heterocycles. The van der Waals surface area contributed by atoms with E-state index < -0.39 is 0 Å². The molecule has 2 aliphatic rings. The Balaban J connectivity index is 1.73. The summed E-state index contributed by atoms with van der Waals surface area (Å²) in [7, 11) is 1.89. The topological polar surface area (TPSA) is 42.9 Å². The molecule has 0 aromatic heterocycles. The number of aliphatic imine (C=N–C) groups is 1. The summed E-state index contributed by atoms with van der Waals surface area (Å²) < 4.78 is 0. The fraction of sp³-hybridized carbons (Fsp3) is 0.947. The van der Waals surface area contributed by atoms with E-state index in [2.05, 4.69) is 53.1 Å². The van der Waals surface area contributed by atoms with Gasteiger partial charge in [0.1, 0.15) is 0 Å². The van der Waals surface area contributed by atoms with Gasteiger partial charge < -0.3 is 15.5 Å². The van der Waals surface area contributed by atoms with Crippen molar-refractivity contribution in [2.75, 3.05) is 39.8 Å². The third-order valence-electron chi connectivity index (χ3n) is 5.43. The zero-order valence-corrected chi connectivity index (χ0v) is 16.5. The minimum atomic E-state index is 0.557. The van der Waals surface area contributed by atoms with Crippen molar-refractivity contribution in [3.05, 3.63) is 0 Å². The third kappa shape index (κ3) is 5.92. The fourth-order valence-corrected chi connectivity index (χ4v) is 4.00. The van der Waals surface area contributed by atoms with E-state index in [1.54, 1.807) is 0 Å². The molecule has 2 fully saturated rings. The van der Waals surface area contributed by atoms with Gasteiger partial charge in [-0.15, -0.1) is 0 Å². The average Bonchev–Trinajstić information content (AvgIpc) is 2.98. The Labute approximate surface area is 149 Å². The Morgan fingerprint density at radius 2 is 1.79 bits per heavy atom. The van der Waals surface area contributed by atoms with Gasteiger partial charge in [-0.25, -0.2) is 0 Å². The fourth-order valence-electron chi connectivity index (χ4n) is 4.00. The van der Waals surface area contributed by atoms with Crippen LogP contribution >= 0.6 is 0 Å². The molecule has 0 unspecified atom stereocenters. The summed E-state index contributed by atoms with van der Waals surface area (Å²) in [5.74, 6) is 1.73. The molecule has 0 saturated carbocycles. The average molecular weight is 338 g/mol. The van der Waals surface area contributed by atoms with E-state index in [4.69, 9.17) is 0 Å². The lowest BCUT2D eigenvalue weighted by molar-refractivity contribution is 0.167. The molecule has 2 heterocycles. The summed E-state index contributed by atoms with van der Waals surface area (Å²) in [4.78, 5) is 9.66. The van der Waals surface area contributed by atoms with Gasteiger partial charge in [0.2, 0.25) is 0 Å². The summed E-state index contributed by atoms with van der Waals surface area (Å²) >= 11 is 0. The molecule has 140 valence electrons. The van der Waals surface area contributed by atoms with Crippen LogP contribution in [0, 0.1) is 5.92 Å². The lowest BCUT2D eigenvalue weighted by atomic mass is 10.0. The molecule has 5 nitrogen and oxygen atoms in total. The normalized spacial score (nSPS) is 25.0. The van der Waals surface area contributed by atoms with E-state index in [0.717, 1.165) is 18.4 Å². The highest BCUT2D eigenvalue weighted by molar-refractivity contribution is 5.80. The Kier molecular flexibility index (Phi) is 7.82. The van der Waals surface area contributed by atoms with E-state index in [1.807, 2.05) is 7.05 Å². The Morgan fingerprint density at radius 3 is 2.38 bits per heavy atom. The lowest BCUT2D eigenvalue weighted by Crippen LogP contribution is -2.51. The second-order valence-electron chi connectivity index (χ2n) is 8.19. The highest BCUT2D eigenvalue weighted by Gasteiger charge is 2.25. The quantitative estimate of drug-likeness (QED) is 0.576. The van der Waals surface area contributed by atoms with Gasteiger partial charge in [-0.1, -0.05) is 13.8 Å². The molecule has 24 heavy (non-hydrogen) atoms. The van der Waals surface area contributed by atoms with Crippen molar-refractivity contribution in [1.29, 1.82) is 0 Å². The van der Waals surface area contributed by atoms with Crippen molar-refractivity contribution in [2.24, 2.45) is 10.9 Å². The highest BCUT2D eigenvalue weighted by atomic mass is 15.2.